The second-order valence-electron chi connectivity index (χ2n) is 3.81. The third kappa shape index (κ3) is 2.70. The smallest absolute Gasteiger partial charge is 0.129 e. The summed E-state index contributed by atoms with van der Waals surface area (Å²) in [5.41, 5.74) is 1.09. The molecule has 0 aromatic carbocycles. The molecule has 2 heterocycles. The quantitative estimate of drug-likeness (QED) is 0.780. The number of nitrogens with one attached hydrogen (secondary N) is 1. The number of aromatic nitrogens is 1. The van der Waals surface area contributed by atoms with Crippen LogP contribution in [0.5, 0.6) is 0 Å². The van der Waals surface area contributed by atoms with E-state index in [9.17, 15) is 0 Å². The van der Waals surface area contributed by atoms with E-state index >= 15 is 0 Å². The summed E-state index contributed by atoms with van der Waals surface area (Å²) >= 11 is 5.72. The van der Waals surface area contributed by atoms with Gasteiger partial charge in [-0.25, -0.2) is 4.98 Å². The fourth-order valence-electron chi connectivity index (χ4n) is 1.80. The number of nitriles is 1. The predicted octanol–water partition coefficient (Wildman–Crippen LogP) is 1.03. The van der Waals surface area contributed by atoms with Crippen molar-refractivity contribution in [2.75, 3.05) is 19.6 Å². The summed E-state index contributed by atoms with van der Waals surface area (Å²) in [5.74, 6) is 0. The van der Waals surface area contributed by atoms with E-state index in [1.54, 1.807) is 12.3 Å². The first-order valence-electron chi connectivity index (χ1n) is 5.24. The molecule has 4 nitrogen and oxygen atoms in total. The van der Waals surface area contributed by atoms with Gasteiger partial charge in [0.2, 0.25) is 0 Å². The molecule has 1 aliphatic rings. The summed E-state index contributed by atoms with van der Waals surface area (Å²) < 4.78 is 0. The molecule has 1 N–H and O–H groups in total. The molecule has 1 saturated heterocycles. The lowest BCUT2D eigenvalue weighted by atomic mass is 10.2. The van der Waals surface area contributed by atoms with Gasteiger partial charge >= 0.3 is 0 Å². The van der Waals surface area contributed by atoms with Crippen molar-refractivity contribution in [3.8, 4) is 6.07 Å². The molecule has 1 aliphatic heterocycles. The van der Waals surface area contributed by atoms with Crippen molar-refractivity contribution in [2.24, 2.45) is 0 Å². The van der Waals surface area contributed by atoms with Gasteiger partial charge < -0.3 is 5.32 Å². The Labute approximate surface area is 99.8 Å². The molecule has 0 spiro atoms. The van der Waals surface area contributed by atoms with Crippen molar-refractivity contribution in [3.05, 3.63) is 29.0 Å². The second-order valence-corrected chi connectivity index (χ2v) is 4.20. The Balaban J connectivity index is 2.02. The van der Waals surface area contributed by atoms with Crippen LogP contribution < -0.4 is 5.32 Å². The normalized spacial score (nSPS) is 21.6. The highest BCUT2D eigenvalue weighted by molar-refractivity contribution is 6.29. The highest BCUT2D eigenvalue weighted by atomic mass is 35.5. The van der Waals surface area contributed by atoms with Crippen molar-refractivity contribution < 1.29 is 0 Å². The van der Waals surface area contributed by atoms with Gasteiger partial charge in [-0.2, -0.15) is 5.26 Å². The summed E-state index contributed by atoms with van der Waals surface area (Å²) in [6, 6.07) is 5.98. The van der Waals surface area contributed by atoms with Crippen LogP contribution in [-0.4, -0.2) is 35.6 Å². The molecule has 1 aromatic rings. The van der Waals surface area contributed by atoms with Gasteiger partial charge in [0.15, 0.2) is 0 Å². The topological polar surface area (TPSA) is 52.0 Å². The Morgan fingerprint density at radius 1 is 1.62 bits per heavy atom. The van der Waals surface area contributed by atoms with Gasteiger partial charge in [0.1, 0.15) is 11.2 Å². The Bertz CT molecular complexity index is 384. The summed E-state index contributed by atoms with van der Waals surface area (Å²) in [5, 5.41) is 12.7. The van der Waals surface area contributed by atoms with Gasteiger partial charge in [0, 0.05) is 32.4 Å². The number of hydrogen-bond donors (Lipinski definition) is 1. The summed E-state index contributed by atoms with van der Waals surface area (Å²) in [7, 11) is 0. The summed E-state index contributed by atoms with van der Waals surface area (Å²) in [6.07, 6.45) is 1.76. The Kier molecular flexibility index (Phi) is 3.73. The average Bonchev–Trinajstić information content (AvgIpc) is 2.33. The van der Waals surface area contributed by atoms with Crippen LogP contribution in [0.2, 0.25) is 5.15 Å². The molecule has 1 fully saturated rings. The van der Waals surface area contributed by atoms with E-state index in [0.717, 1.165) is 31.7 Å². The number of pyridine rings is 1. The zero-order valence-electron chi connectivity index (χ0n) is 8.86. The van der Waals surface area contributed by atoms with Crippen molar-refractivity contribution in [1.29, 1.82) is 5.26 Å². The van der Waals surface area contributed by atoms with Crippen molar-refractivity contribution >= 4 is 11.6 Å². The van der Waals surface area contributed by atoms with Gasteiger partial charge in [-0.1, -0.05) is 17.7 Å². The molecular weight excluding hydrogens is 224 g/mol. The Morgan fingerprint density at radius 3 is 3.19 bits per heavy atom. The average molecular weight is 237 g/mol. The van der Waals surface area contributed by atoms with Gasteiger partial charge in [-0.15, -0.1) is 0 Å². The Hall–Kier alpha value is -1.15. The minimum Gasteiger partial charge on any atom is -0.313 e. The minimum absolute atomic E-state index is 0.0515. The van der Waals surface area contributed by atoms with E-state index in [0.29, 0.717) is 5.15 Å². The molecule has 0 saturated carbocycles. The van der Waals surface area contributed by atoms with Gasteiger partial charge in [-0.05, 0) is 11.6 Å². The Morgan fingerprint density at radius 2 is 2.50 bits per heavy atom. The van der Waals surface area contributed by atoms with E-state index < -0.39 is 0 Å². The van der Waals surface area contributed by atoms with Gasteiger partial charge in [0.25, 0.3) is 0 Å². The monoisotopic (exact) mass is 236 g/mol. The van der Waals surface area contributed by atoms with Crippen LogP contribution in [0.3, 0.4) is 0 Å². The number of piperazine rings is 1. The van der Waals surface area contributed by atoms with Gasteiger partial charge in [0.05, 0.1) is 6.07 Å². The lowest BCUT2D eigenvalue weighted by molar-refractivity contribution is 0.189. The summed E-state index contributed by atoms with van der Waals surface area (Å²) in [4.78, 5) is 6.19. The molecule has 2 rings (SSSR count). The molecule has 16 heavy (non-hydrogen) atoms. The third-order valence-electron chi connectivity index (χ3n) is 2.68. The molecule has 84 valence electrons. The molecule has 1 unspecified atom stereocenters. The number of nitrogens with zero attached hydrogens (tertiary/aromatic N) is 3. The largest absolute Gasteiger partial charge is 0.313 e. The van der Waals surface area contributed by atoms with Crippen LogP contribution in [0.25, 0.3) is 0 Å². The van der Waals surface area contributed by atoms with E-state index in [2.05, 4.69) is 21.3 Å². The maximum Gasteiger partial charge on any atom is 0.129 e. The number of hydrogen-bond acceptors (Lipinski definition) is 4. The second kappa shape index (κ2) is 5.26. The lowest BCUT2D eigenvalue weighted by Gasteiger charge is -2.31. The van der Waals surface area contributed by atoms with E-state index in [-0.39, 0.29) is 6.04 Å². The van der Waals surface area contributed by atoms with Crippen LogP contribution in [0.15, 0.2) is 18.3 Å². The molecule has 0 radical (unpaired) electrons. The van der Waals surface area contributed by atoms with E-state index in [1.807, 2.05) is 6.07 Å². The fourth-order valence-corrected chi connectivity index (χ4v) is 1.91. The SMILES string of the molecule is N#CC1CNCCN1Cc1ccc(Cl)nc1. The number of rotatable bonds is 2. The zero-order valence-corrected chi connectivity index (χ0v) is 9.61. The maximum absolute atomic E-state index is 9.02. The van der Waals surface area contributed by atoms with E-state index in [4.69, 9.17) is 16.9 Å². The molecule has 5 heteroatoms. The van der Waals surface area contributed by atoms with Crippen LogP contribution in [0, 0.1) is 11.3 Å². The molecule has 1 atom stereocenters. The first-order chi connectivity index (χ1) is 7.79. The lowest BCUT2D eigenvalue weighted by Crippen LogP contribution is -2.49. The first-order valence-corrected chi connectivity index (χ1v) is 5.62. The molecule has 0 amide bonds. The van der Waals surface area contributed by atoms with Crippen LogP contribution >= 0.6 is 11.6 Å². The first kappa shape index (κ1) is 11.3. The zero-order chi connectivity index (χ0) is 11.4. The maximum atomic E-state index is 9.02. The van der Waals surface area contributed by atoms with Crippen LogP contribution in [0.1, 0.15) is 5.56 Å². The third-order valence-corrected chi connectivity index (χ3v) is 2.90. The van der Waals surface area contributed by atoms with Crippen molar-refractivity contribution in [3.63, 3.8) is 0 Å². The molecule has 0 bridgehead atoms. The number of halogens is 1. The summed E-state index contributed by atoms with van der Waals surface area (Å²) in [6.45, 7) is 3.31. The molecule has 0 aliphatic carbocycles. The van der Waals surface area contributed by atoms with Crippen molar-refractivity contribution in [1.82, 2.24) is 15.2 Å². The standard InChI is InChI=1S/C11H13ClN4/c12-11-2-1-9(6-15-11)8-16-4-3-14-7-10(16)5-13/h1-2,6,10,14H,3-4,7-8H2. The predicted molar refractivity (Wildman–Crippen MR) is 61.9 cm³/mol. The van der Waals surface area contributed by atoms with Gasteiger partial charge in [-0.3, -0.25) is 4.90 Å². The minimum atomic E-state index is -0.0515. The molecule has 1 aromatic heterocycles. The van der Waals surface area contributed by atoms with Crippen LogP contribution in [-0.2, 0) is 6.54 Å². The van der Waals surface area contributed by atoms with Crippen LogP contribution in [0.4, 0.5) is 0 Å². The van der Waals surface area contributed by atoms with E-state index in [1.165, 1.54) is 0 Å². The highest BCUT2D eigenvalue weighted by Crippen LogP contribution is 2.11. The highest BCUT2D eigenvalue weighted by Gasteiger charge is 2.21. The fraction of sp³-hybridized carbons (Fsp3) is 0.455. The van der Waals surface area contributed by atoms with Crippen molar-refractivity contribution in [2.45, 2.75) is 12.6 Å². The molecular formula is C11H13ClN4.